The number of anilines is 1. The third-order valence-corrected chi connectivity index (χ3v) is 5.09. The fourth-order valence-electron chi connectivity index (χ4n) is 2.95. The van der Waals surface area contributed by atoms with Gasteiger partial charge in [0, 0.05) is 13.0 Å². The van der Waals surface area contributed by atoms with E-state index in [1.165, 1.54) is 0 Å². The van der Waals surface area contributed by atoms with Crippen molar-refractivity contribution >= 4 is 24.2 Å². The molecule has 0 aromatic heterocycles. The van der Waals surface area contributed by atoms with E-state index in [1.54, 1.807) is 12.0 Å². The summed E-state index contributed by atoms with van der Waals surface area (Å²) in [5.74, 6) is 0.819. The summed E-state index contributed by atoms with van der Waals surface area (Å²) in [6.07, 6.45) is 1.49. The highest BCUT2D eigenvalue weighted by Crippen LogP contribution is 2.37. The van der Waals surface area contributed by atoms with E-state index >= 15 is 0 Å². The Hall–Kier alpha value is -1.53. The SMILES string of the molecule is COc1cc(B2OC(C)(C)C(C)(C)O2)ccc1N1CCCC1=O. The number of hydrogen-bond acceptors (Lipinski definition) is 4. The zero-order chi connectivity index (χ0) is 16.8. The lowest BCUT2D eigenvalue weighted by Crippen LogP contribution is -2.41. The van der Waals surface area contributed by atoms with Crippen LogP contribution < -0.4 is 15.1 Å². The van der Waals surface area contributed by atoms with Crippen LogP contribution in [0.1, 0.15) is 40.5 Å². The molecule has 5 nitrogen and oxygen atoms in total. The molecule has 3 rings (SSSR count). The molecular formula is C17H24BNO4. The molecule has 2 saturated heterocycles. The number of rotatable bonds is 3. The minimum atomic E-state index is -0.433. The predicted molar refractivity (Wildman–Crippen MR) is 90.3 cm³/mol. The topological polar surface area (TPSA) is 48.0 Å². The Bertz CT molecular complexity index is 613. The second kappa shape index (κ2) is 5.53. The van der Waals surface area contributed by atoms with E-state index in [-0.39, 0.29) is 17.1 Å². The molecule has 2 aliphatic heterocycles. The minimum absolute atomic E-state index is 0.145. The highest BCUT2D eigenvalue weighted by Gasteiger charge is 2.51. The molecule has 0 unspecified atom stereocenters. The Morgan fingerprint density at radius 3 is 2.35 bits per heavy atom. The van der Waals surface area contributed by atoms with E-state index in [4.69, 9.17) is 14.0 Å². The van der Waals surface area contributed by atoms with Crippen LogP contribution in [0.3, 0.4) is 0 Å². The van der Waals surface area contributed by atoms with E-state index in [0.29, 0.717) is 12.2 Å². The highest BCUT2D eigenvalue weighted by atomic mass is 16.7. The van der Waals surface area contributed by atoms with Gasteiger partial charge in [-0.05, 0) is 51.7 Å². The van der Waals surface area contributed by atoms with E-state index in [1.807, 2.05) is 45.9 Å². The summed E-state index contributed by atoms with van der Waals surface area (Å²) in [7, 11) is 1.19. The molecule has 0 atom stereocenters. The Kier molecular flexibility index (Phi) is 3.93. The third kappa shape index (κ3) is 2.74. The summed E-state index contributed by atoms with van der Waals surface area (Å²) >= 11 is 0. The first-order valence-corrected chi connectivity index (χ1v) is 8.09. The van der Waals surface area contributed by atoms with Gasteiger partial charge in [0.05, 0.1) is 24.0 Å². The largest absolute Gasteiger partial charge is 0.495 e. The Morgan fingerprint density at radius 1 is 1.17 bits per heavy atom. The third-order valence-electron chi connectivity index (χ3n) is 5.09. The van der Waals surface area contributed by atoms with Crippen molar-refractivity contribution in [2.24, 2.45) is 0 Å². The van der Waals surface area contributed by atoms with Gasteiger partial charge in [-0.3, -0.25) is 4.79 Å². The summed E-state index contributed by atoms with van der Waals surface area (Å²) in [6.45, 7) is 8.86. The normalized spacial score (nSPS) is 22.7. The van der Waals surface area contributed by atoms with Gasteiger partial charge in [0.2, 0.25) is 5.91 Å². The Labute approximate surface area is 138 Å². The molecule has 6 heteroatoms. The van der Waals surface area contributed by atoms with Crippen LogP contribution >= 0.6 is 0 Å². The monoisotopic (exact) mass is 317 g/mol. The first-order chi connectivity index (χ1) is 10.7. The van der Waals surface area contributed by atoms with Gasteiger partial charge < -0.3 is 18.9 Å². The molecule has 124 valence electrons. The average molecular weight is 317 g/mol. The Morgan fingerprint density at radius 2 is 1.83 bits per heavy atom. The first kappa shape index (κ1) is 16.3. The van der Waals surface area contributed by atoms with Crippen LogP contribution in [0, 0.1) is 0 Å². The number of carbonyl (C=O) groups excluding carboxylic acids is 1. The number of ether oxygens (including phenoxy) is 1. The van der Waals surface area contributed by atoms with Crippen molar-refractivity contribution < 1.29 is 18.8 Å². The molecular weight excluding hydrogens is 293 g/mol. The molecule has 0 spiro atoms. The zero-order valence-electron chi connectivity index (χ0n) is 14.5. The number of carbonyl (C=O) groups is 1. The molecule has 2 aliphatic rings. The maximum Gasteiger partial charge on any atom is 0.494 e. The minimum Gasteiger partial charge on any atom is -0.495 e. The average Bonchev–Trinajstić information content (AvgIpc) is 2.99. The lowest BCUT2D eigenvalue weighted by atomic mass is 9.79. The first-order valence-electron chi connectivity index (χ1n) is 8.09. The fourth-order valence-corrected chi connectivity index (χ4v) is 2.95. The molecule has 1 aromatic carbocycles. The Balaban J connectivity index is 1.90. The van der Waals surface area contributed by atoms with E-state index in [0.717, 1.165) is 24.1 Å². The van der Waals surface area contributed by atoms with Gasteiger partial charge in [0.1, 0.15) is 5.75 Å². The number of hydrogen-bond donors (Lipinski definition) is 0. The molecule has 0 saturated carbocycles. The standard InChI is InChI=1S/C17H24BNO4/c1-16(2)17(3,4)23-18(22-16)12-8-9-13(14(11-12)21-5)19-10-6-7-15(19)20/h8-9,11H,6-7,10H2,1-5H3. The van der Waals surface area contributed by atoms with Gasteiger partial charge in [0.25, 0.3) is 0 Å². The summed E-state index contributed by atoms with van der Waals surface area (Å²) in [5.41, 5.74) is 0.953. The summed E-state index contributed by atoms with van der Waals surface area (Å²) < 4.78 is 17.7. The van der Waals surface area contributed by atoms with Crippen LogP contribution in [0.2, 0.25) is 0 Å². The number of methoxy groups -OCH3 is 1. The molecule has 1 amide bonds. The van der Waals surface area contributed by atoms with Crippen molar-refractivity contribution in [3.8, 4) is 5.75 Å². The highest BCUT2D eigenvalue weighted by molar-refractivity contribution is 6.62. The van der Waals surface area contributed by atoms with Gasteiger partial charge in [-0.15, -0.1) is 0 Å². The van der Waals surface area contributed by atoms with Crippen molar-refractivity contribution in [2.75, 3.05) is 18.6 Å². The molecule has 0 N–H and O–H groups in total. The molecule has 0 radical (unpaired) electrons. The van der Waals surface area contributed by atoms with Crippen molar-refractivity contribution in [3.63, 3.8) is 0 Å². The summed E-state index contributed by atoms with van der Waals surface area (Å²) in [5, 5.41) is 0. The van der Waals surface area contributed by atoms with Gasteiger partial charge in [-0.2, -0.15) is 0 Å². The number of amides is 1. The van der Waals surface area contributed by atoms with Crippen LogP contribution in [0.5, 0.6) is 5.75 Å². The van der Waals surface area contributed by atoms with Crippen LogP contribution in [0.15, 0.2) is 18.2 Å². The van der Waals surface area contributed by atoms with Crippen LogP contribution in [-0.2, 0) is 14.1 Å². The van der Waals surface area contributed by atoms with Gasteiger partial charge in [-0.25, -0.2) is 0 Å². The number of nitrogens with zero attached hydrogens (tertiary/aromatic N) is 1. The maximum absolute atomic E-state index is 12.0. The number of benzene rings is 1. The molecule has 2 fully saturated rings. The van der Waals surface area contributed by atoms with Crippen LogP contribution in [0.25, 0.3) is 0 Å². The van der Waals surface area contributed by atoms with Crippen LogP contribution in [-0.4, -0.2) is 37.9 Å². The lowest BCUT2D eigenvalue weighted by Gasteiger charge is -2.32. The smallest absolute Gasteiger partial charge is 0.494 e. The van der Waals surface area contributed by atoms with Crippen LogP contribution in [0.4, 0.5) is 5.69 Å². The van der Waals surface area contributed by atoms with Crippen molar-refractivity contribution in [1.29, 1.82) is 0 Å². The van der Waals surface area contributed by atoms with E-state index in [9.17, 15) is 4.79 Å². The fraction of sp³-hybridized carbons (Fsp3) is 0.588. The summed E-state index contributed by atoms with van der Waals surface area (Å²) in [6, 6.07) is 5.77. The second-order valence-corrected chi connectivity index (χ2v) is 7.17. The summed E-state index contributed by atoms with van der Waals surface area (Å²) in [4.78, 5) is 13.8. The maximum atomic E-state index is 12.0. The van der Waals surface area contributed by atoms with E-state index in [2.05, 4.69) is 0 Å². The van der Waals surface area contributed by atoms with Crippen molar-refractivity contribution in [2.45, 2.75) is 51.7 Å². The van der Waals surface area contributed by atoms with Gasteiger partial charge in [-0.1, -0.05) is 6.07 Å². The molecule has 23 heavy (non-hydrogen) atoms. The molecule has 2 heterocycles. The second-order valence-electron chi connectivity index (χ2n) is 7.17. The van der Waals surface area contributed by atoms with Crippen molar-refractivity contribution in [3.05, 3.63) is 18.2 Å². The molecule has 0 bridgehead atoms. The van der Waals surface area contributed by atoms with Gasteiger partial charge >= 0.3 is 7.12 Å². The predicted octanol–water partition coefficient (Wildman–Crippen LogP) is 2.12. The van der Waals surface area contributed by atoms with Gasteiger partial charge in [0.15, 0.2) is 0 Å². The zero-order valence-corrected chi connectivity index (χ0v) is 14.5. The lowest BCUT2D eigenvalue weighted by molar-refractivity contribution is -0.117. The van der Waals surface area contributed by atoms with Crippen molar-refractivity contribution in [1.82, 2.24) is 0 Å². The van der Waals surface area contributed by atoms with E-state index < -0.39 is 7.12 Å². The molecule has 1 aromatic rings. The molecule has 0 aliphatic carbocycles. The quantitative estimate of drug-likeness (QED) is 0.801.